The first-order valence-electron chi connectivity index (χ1n) is 5.78. The second-order valence-corrected chi connectivity index (χ2v) is 4.36. The average Bonchev–Trinajstić information content (AvgIpc) is 2.93. The van der Waals surface area contributed by atoms with Gasteiger partial charge in [0.15, 0.2) is 5.82 Å². The summed E-state index contributed by atoms with van der Waals surface area (Å²) >= 11 is 0. The van der Waals surface area contributed by atoms with E-state index in [-0.39, 0.29) is 5.56 Å². The Balaban J connectivity index is 2.33. The van der Waals surface area contributed by atoms with Gasteiger partial charge in [0.25, 0.3) is 0 Å². The number of imidazole rings is 1. The molecule has 0 atom stereocenters. The smallest absolute Gasteiger partial charge is 0.337 e. The molecular weight excluding hydrogens is 244 g/mol. The highest BCUT2D eigenvalue weighted by atomic mass is 16.4. The molecule has 0 aliphatic rings. The van der Waals surface area contributed by atoms with Gasteiger partial charge >= 0.3 is 5.97 Å². The summed E-state index contributed by atoms with van der Waals surface area (Å²) in [6.07, 6.45) is 1.60. The molecule has 0 amide bonds. The molecule has 1 aromatic carbocycles. The third kappa shape index (κ3) is 1.69. The summed E-state index contributed by atoms with van der Waals surface area (Å²) in [6, 6.07) is 6.93. The first-order chi connectivity index (χ1) is 9.08. The van der Waals surface area contributed by atoms with Crippen LogP contribution in [0.5, 0.6) is 0 Å². The maximum atomic E-state index is 11.3. The van der Waals surface area contributed by atoms with Crippen molar-refractivity contribution in [3.05, 3.63) is 41.9 Å². The number of carboxylic acids is 1. The highest BCUT2D eigenvalue weighted by molar-refractivity contribution is 6.01. The second-order valence-electron chi connectivity index (χ2n) is 4.36. The molecule has 6 nitrogen and oxygen atoms in total. The number of rotatable bonds is 2. The van der Waals surface area contributed by atoms with E-state index in [4.69, 9.17) is 0 Å². The minimum absolute atomic E-state index is 0.221. The van der Waals surface area contributed by atoms with Crippen LogP contribution in [-0.2, 0) is 7.05 Å². The van der Waals surface area contributed by atoms with Gasteiger partial charge in [-0.25, -0.2) is 9.78 Å². The van der Waals surface area contributed by atoms with Gasteiger partial charge in [-0.15, -0.1) is 0 Å². The zero-order valence-electron chi connectivity index (χ0n) is 10.5. The zero-order chi connectivity index (χ0) is 13.6. The van der Waals surface area contributed by atoms with Gasteiger partial charge in [0, 0.05) is 18.8 Å². The van der Waals surface area contributed by atoms with Crippen LogP contribution in [0.1, 0.15) is 16.1 Å². The standard InChI is InChI=1S/C13H12N4O2/c1-8-6-11(15-16(8)2)17-7-14-10-5-3-4-9(12(10)17)13(18)19/h3-7H,1-2H3,(H,18,19). The molecule has 0 saturated heterocycles. The van der Waals surface area contributed by atoms with Crippen molar-refractivity contribution in [1.29, 1.82) is 0 Å². The average molecular weight is 256 g/mol. The number of para-hydroxylation sites is 1. The predicted molar refractivity (Wildman–Crippen MR) is 69.5 cm³/mol. The van der Waals surface area contributed by atoms with E-state index >= 15 is 0 Å². The zero-order valence-corrected chi connectivity index (χ0v) is 10.5. The first kappa shape index (κ1) is 11.5. The van der Waals surface area contributed by atoms with Crippen LogP contribution in [0.4, 0.5) is 0 Å². The quantitative estimate of drug-likeness (QED) is 0.758. The van der Waals surface area contributed by atoms with Crippen molar-refractivity contribution in [3.63, 3.8) is 0 Å². The molecule has 96 valence electrons. The molecule has 1 N–H and O–H groups in total. The lowest BCUT2D eigenvalue weighted by Gasteiger charge is -2.02. The Labute approximate surface area is 108 Å². The number of aryl methyl sites for hydroxylation is 2. The highest BCUT2D eigenvalue weighted by Crippen LogP contribution is 2.21. The molecule has 2 aromatic heterocycles. The first-order valence-corrected chi connectivity index (χ1v) is 5.78. The lowest BCUT2D eigenvalue weighted by molar-refractivity contribution is 0.0698. The van der Waals surface area contributed by atoms with Crippen LogP contribution in [0, 0.1) is 6.92 Å². The van der Waals surface area contributed by atoms with Crippen LogP contribution in [-0.4, -0.2) is 30.4 Å². The van der Waals surface area contributed by atoms with Crippen LogP contribution < -0.4 is 0 Å². The van der Waals surface area contributed by atoms with E-state index in [2.05, 4.69) is 10.1 Å². The normalized spacial score (nSPS) is 11.1. The van der Waals surface area contributed by atoms with Crippen LogP contribution in [0.15, 0.2) is 30.6 Å². The number of benzene rings is 1. The summed E-state index contributed by atoms with van der Waals surface area (Å²) in [7, 11) is 1.84. The van der Waals surface area contributed by atoms with Crippen molar-refractivity contribution in [2.75, 3.05) is 0 Å². The fourth-order valence-electron chi connectivity index (χ4n) is 2.07. The Hall–Kier alpha value is -2.63. The molecule has 0 radical (unpaired) electrons. The number of fused-ring (bicyclic) bond motifs is 1. The number of nitrogens with zero attached hydrogens (tertiary/aromatic N) is 4. The molecule has 0 fully saturated rings. The number of hydrogen-bond donors (Lipinski definition) is 1. The summed E-state index contributed by atoms with van der Waals surface area (Å²) < 4.78 is 3.44. The van der Waals surface area contributed by atoms with E-state index in [0.29, 0.717) is 16.9 Å². The minimum Gasteiger partial charge on any atom is -0.478 e. The minimum atomic E-state index is -0.972. The van der Waals surface area contributed by atoms with Crippen molar-refractivity contribution < 1.29 is 9.90 Å². The van der Waals surface area contributed by atoms with Gasteiger partial charge in [-0.1, -0.05) is 6.07 Å². The van der Waals surface area contributed by atoms with Gasteiger partial charge in [-0.2, -0.15) is 5.10 Å². The van der Waals surface area contributed by atoms with Crippen molar-refractivity contribution in [3.8, 4) is 5.82 Å². The summed E-state index contributed by atoms with van der Waals surface area (Å²) in [5.74, 6) is -0.309. The maximum absolute atomic E-state index is 11.3. The molecule has 0 spiro atoms. The molecule has 19 heavy (non-hydrogen) atoms. The Morgan fingerprint density at radius 2 is 2.16 bits per heavy atom. The topological polar surface area (TPSA) is 72.9 Å². The van der Waals surface area contributed by atoms with Gasteiger partial charge in [-0.3, -0.25) is 9.25 Å². The second kappa shape index (κ2) is 3.94. The summed E-state index contributed by atoms with van der Waals surface area (Å²) in [4.78, 5) is 15.5. The Bertz CT molecular complexity index is 766. The van der Waals surface area contributed by atoms with Crippen LogP contribution in [0.2, 0.25) is 0 Å². The van der Waals surface area contributed by atoms with Crippen molar-refractivity contribution in [2.45, 2.75) is 6.92 Å². The van der Waals surface area contributed by atoms with Gasteiger partial charge in [0.1, 0.15) is 6.33 Å². The van der Waals surface area contributed by atoms with E-state index in [1.54, 1.807) is 33.8 Å². The van der Waals surface area contributed by atoms with Crippen molar-refractivity contribution in [2.24, 2.45) is 7.05 Å². The lowest BCUT2D eigenvalue weighted by Crippen LogP contribution is -2.02. The Morgan fingerprint density at radius 1 is 1.37 bits per heavy atom. The number of carboxylic acid groups (broad SMARTS) is 1. The fraction of sp³-hybridized carbons (Fsp3) is 0.154. The molecule has 3 rings (SSSR count). The van der Waals surface area contributed by atoms with E-state index < -0.39 is 5.97 Å². The number of aromatic carboxylic acids is 1. The van der Waals surface area contributed by atoms with Crippen molar-refractivity contribution in [1.82, 2.24) is 19.3 Å². The predicted octanol–water partition coefficient (Wildman–Crippen LogP) is 1.77. The fourth-order valence-corrected chi connectivity index (χ4v) is 2.07. The SMILES string of the molecule is Cc1cc(-n2cnc3cccc(C(=O)O)c32)nn1C. The lowest BCUT2D eigenvalue weighted by atomic mass is 10.2. The van der Waals surface area contributed by atoms with Crippen LogP contribution in [0.3, 0.4) is 0 Å². The van der Waals surface area contributed by atoms with Gasteiger partial charge < -0.3 is 5.11 Å². The molecule has 0 unspecified atom stereocenters. The van der Waals surface area contributed by atoms with E-state index in [1.165, 1.54) is 0 Å². The molecule has 0 saturated carbocycles. The summed E-state index contributed by atoms with van der Waals surface area (Å²) in [5.41, 5.74) is 2.42. The van der Waals surface area contributed by atoms with Gasteiger partial charge in [-0.05, 0) is 19.1 Å². The molecule has 0 aliphatic heterocycles. The molecule has 2 heterocycles. The van der Waals surface area contributed by atoms with E-state index in [9.17, 15) is 9.90 Å². The Morgan fingerprint density at radius 3 is 2.79 bits per heavy atom. The van der Waals surface area contributed by atoms with Crippen LogP contribution >= 0.6 is 0 Å². The Kier molecular flexibility index (Phi) is 2.38. The summed E-state index contributed by atoms with van der Waals surface area (Å²) in [6.45, 7) is 1.94. The van der Waals surface area contributed by atoms with Crippen molar-refractivity contribution >= 4 is 17.0 Å². The molecule has 0 bridgehead atoms. The molecule has 0 aliphatic carbocycles. The summed E-state index contributed by atoms with van der Waals surface area (Å²) in [5, 5.41) is 13.6. The number of carbonyl (C=O) groups is 1. The largest absolute Gasteiger partial charge is 0.478 e. The third-order valence-electron chi connectivity index (χ3n) is 3.15. The third-order valence-corrected chi connectivity index (χ3v) is 3.15. The highest BCUT2D eigenvalue weighted by Gasteiger charge is 2.15. The maximum Gasteiger partial charge on any atom is 0.337 e. The monoisotopic (exact) mass is 256 g/mol. The number of hydrogen-bond acceptors (Lipinski definition) is 3. The molecule has 6 heteroatoms. The van der Waals surface area contributed by atoms with E-state index in [1.807, 2.05) is 20.0 Å². The van der Waals surface area contributed by atoms with Gasteiger partial charge in [0.05, 0.1) is 16.6 Å². The molecular formula is C13H12N4O2. The molecule has 3 aromatic rings. The van der Waals surface area contributed by atoms with Gasteiger partial charge in [0.2, 0.25) is 0 Å². The van der Waals surface area contributed by atoms with Crippen LogP contribution in [0.25, 0.3) is 16.9 Å². The number of aromatic nitrogens is 4. The van der Waals surface area contributed by atoms with E-state index in [0.717, 1.165) is 5.69 Å².